The van der Waals surface area contributed by atoms with Crippen molar-refractivity contribution in [3.05, 3.63) is 41.0 Å². The number of carbonyl (C=O) groups is 5. The van der Waals surface area contributed by atoms with E-state index in [0.717, 1.165) is 47.4 Å². The second-order valence-corrected chi connectivity index (χ2v) is 17.9. The topological polar surface area (TPSA) is 161 Å². The van der Waals surface area contributed by atoms with Crippen molar-refractivity contribution in [1.29, 1.82) is 0 Å². The zero-order valence-electron chi connectivity index (χ0n) is 34.0. The number of piperazine rings is 1. The van der Waals surface area contributed by atoms with E-state index in [2.05, 4.69) is 15.6 Å². The van der Waals surface area contributed by atoms with Gasteiger partial charge in [-0.2, -0.15) is 0 Å². The van der Waals surface area contributed by atoms with Gasteiger partial charge in [0.05, 0.1) is 28.2 Å². The van der Waals surface area contributed by atoms with E-state index < -0.39 is 29.2 Å². The van der Waals surface area contributed by atoms with Crippen LogP contribution in [0.5, 0.6) is 0 Å². The molecule has 13 nitrogen and oxygen atoms in total. The molecule has 2 aliphatic heterocycles. The Morgan fingerprint density at radius 2 is 1.49 bits per heavy atom. The molecule has 0 radical (unpaired) electrons. The average Bonchev–Trinajstić information content (AvgIpc) is 3.73. The molecule has 14 heteroatoms. The fourth-order valence-electron chi connectivity index (χ4n) is 6.96. The van der Waals surface area contributed by atoms with Crippen molar-refractivity contribution in [2.45, 2.75) is 137 Å². The Hall–Kier alpha value is -4.04. The molecule has 2 fully saturated rings. The summed E-state index contributed by atoms with van der Waals surface area (Å²) in [5, 5.41) is 16.6. The highest BCUT2D eigenvalue weighted by Gasteiger charge is 2.44. The number of hydrogen-bond donors (Lipinski definition) is 3. The number of rotatable bonds is 14. The minimum Gasteiger partial charge on any atom is -0.444 e. The smallest absolute Gasteiger partial charge is 0.410 e. The molecule has 0 bridgehead atoms. The number of carbonyl (C=O) groups excluding carboxylic acids is 5. The summed E-state index contributed by atoms with van der Waals surface area (Å²) in [7, 11) is 0. The van der Waals surface area contributed by atoms with Crippen LogP contribution in [0.1, 0.15) is 117 Å². The molecule has 5 amide bonds. The summed E-state index contributed by atoms with van der Waals surface area (Å²) in [6.45, 7) is 16.9. The molecule has 304 valence electrons. The summed E-state index contributed by atoms with van der Waals surface area (Å²) in [5.74, 6) is -0.874. The number of ether oxygens (including phenoxy) is 1. The van der Waals surface area contributed by atoms with E-state index in [9.17, 15) is 29.1 Å². The fraction of sp³-hybridized carbons (Fsp3) is 0.659. The van der Waals surface area contributed by atoms with Crippen molar-refractivity contribution in [1.82, 2.24) is 30.3 Å². The zero-order chi connectivity index (χ0) is 40.5. The number of aromatic nitrogens is 1. The van der Waals surface area contributed by atoms with E-state index in [0.29, 0.717) is 39.0 Å². The predicted molar refractivity (Wildman–Crippen MR) is 213 cm³/mol. The lowest BCUT2D eigenvalue weighted by atomic mass is 9.85. The van der Waals surface area contributed by atoms with Gasteiger partial charge in [-0.25, -0.2) is 9.78 Å². The number of thiazole rings is 1. The van der Waals surface area contributed by atoms with Crippen LogP contribution in [0.3, 0.4) is 0 Å². The van der Waals surface area contributed by atoms with Crippen molar-refractivity contribution in [3.63, 3.8) is 0 Å². The Balaban J connectivity index is 1.19. The molecule has 55 heavy (non-hydrogen) atoms. The maximum atomic E-state index is 14.0. The van der Waals surface area contributed by atoms with Crippen LogP contribution in [-0.2, 0) is 23.9 Å². The van der Waals surface area contributed by atoms with E-state index in [1.54, 1.807) is 16.2 Å². The van der Waals surface area contributed by atoms with Crippen LogP contribution in [0, 0.1) is 12.3 Å². The number of likely N-dealkylation sites (tertiary alicyclic amines) is 1. The molecule has 2 aromatic rings. The number of aryl methyl sites for hydroxylation is 1. The standard InChI is InChI=1S/C41H62N6O7S/c1-27(29-16-18-30(19-17-29)35-28(2)42-26-55-35)43-37(51)32-24-31(48)25-47(32)38(52)36(40(3,4)5)44-33(49)14-12-10-9-11-13-15-34(50)45-20-22-46(23-21-45)39(53)54-41(6,7)8/h16-19,26-27,31-32,36,48H,9-15,20-25H2,1-8H3,(H,43,51)(H,44,49)/t27?,31-,32+,36?/m1/s1. The normalized spacial score (nSPS) is 18.8. The quantitative estimate of drug-likeness (QED) is 0.209. The molecule has 2 aliphatic rings. The van der Waals surface area contributed by atoms with Gasteiger partial charge in [0, 0.05) is 52.0 Å². The first-order chi connectivity index (χ1) is 25.8. The van der Waals surface area contributed by atoms with E-state index in [-0.39, 0.29) is 55.2 Å². The number of nitrogens with one attached hydrogen (secondary N) is 2. The fourth-order valence-corrected chi connectivity index (χ4v) is 7.78. The third-order valence-electron chi connectivity index (χ3n) is 10.1. The maximum absolute atomic E-state index is 14.0. The Morgan fingerprint density at radius 3 is 2.07 bits per heavy atom. The lowest BCUT2D eigenvalue weighted by Crippen LogP contribution is -2.57. The van der Waals surface area contributed by atoms with Gasteiger partial charge in [-0.05, 0) is 64.0 Å². The molecule has 0 saturated carbocycles. The highest BCUT2D eigenvalue weighted by molar-refractivity contribution is 7.13. The molecule has 2 unspecified atom stereocenters. The molecule has 1 aromatic carbocycles. The first kappa shape index (κ1) is 43.7. The van der Waals surface area contributed by atoms with E-state index in [4.69, 9.17) is 4.74 Å². The maximum Gasteiger partial charge on any atom is 0.410 e. The van der Waals surface area contributed by atoms with Crippen LogP contribution in [0.25, 0.3) is 10.4 Å². The predicted octanol–water partition coefficient (Wildman–Crippen LogP) is 5.60. The van der Waals surface area contributed by atoms with Crippen LogP contribution in [-0.4, -0.2) is 111 Å². The zero-order valence-corrected chi connectivity index (χ0v) is 34.8. The van der Waals surface area contributed by atoms with Gasteiger partial charge in [-0.1, -0.05) is 64.3 Å². The Morgan fingerprint density at radius 1 is 0.891 bits per heavy atom. The van der Waals surface area contributed by atoms with Gasteiger partial charge in [0.15, 0.2) is 0 Å². The number of nitrogens with zero attached hydrogens (tertiary/aromatic N) is 4. The minimum atomic E-state index is -0.877. The molecule has 4 rings (SSSR count). The summed E-state index contributed by atoms with van der Waals surface area (Å²) in [4.78, 5) is 76.0. The van der Waals surface area contributed by atoms with Crippen molar-refractivity contribution < 1.29 is 33.8 Å². The molecule has 3 heterocycles. The summed E-state index contributed by atoms with van der Waals surface area (Å²) in [6.07, 6.45) is 3.60. The second kappa shape index (κ2) is 19.2. The first-order valence-electron chi connectivity index (χ1n) is 19.7. The van der Waals surface area contributed by atoms with Gasteiger partial charge < -0.3 is 35.2 Å². The molecule has 0 aliphatic carbocycles. The minimum absolute atomic E-state index is 0.0153. The lowest BCUT2D eigenvalue weighted by Gasteiger charge is -2.35. The van der Waals surface area contributed by atoms with Gasteiger partial charge in [-0.15, -0.1) is 11.3 Å². The number of unbranched alkanes of at least 4 members (excludes halogenated alkanes) is 4. The highest BCUT2D eigenvalue weighted by atomic mass is 32.1. The molecule has 4 atom stereocenters. The number of β-amino-alcohol motifs (C(OH)–C–C–N with tert-alkyl or cyclic N) is 1. The summed E-state index contributed by atoms with van der Waals surface area (Å²) in [5.41, 5.74) is 3.57. The largest absolute Gasteiger partial charge is 0.444 e. The van der Waals surface area contributed by atoms with Crippen molar-refractivity contribution in [2.75, 3.05) is 32.7 Å². The van der Waals surface area contributed by atoms with Crippen LogP contribution >= 0.6 is 11.3 Å². The Labute approximate surface area is 330 Å². The van der Waals surface area contributed by atoms with Gasteiger partial charge in [0.25, 0.3) is 0 Å². The molecule has 1 aromatic heterocycles. The van der Waals surface area contributed by atoms with Gasteiger partial charge in [-0.3, -0.25) is 19.2 Å². The number of amides is 5. The average molecular weight is 783 g/mol. The second-order valence-electron chi connectivity index (χ2n) is 17.0. The van der Waals surface area contributed by atoms with Crippen molar-refractivity contribution in [2.24, 2.45) is 5.41 Å². The highest BCUT2D eigenvalue weighted by Crippen LogP contribution is 2.30. The molecule has 3 N–H and O–H groups in total. The van der Waals surface area contributed by atoms with Crippen LogP contribution in [0.2, 0.25) is 0 Å². The van der Waals surface area contributed by atoms with Crippen LogP contribution in [0.15, 0.2) is 29.8 Å². The van der Waals surface area contributed by atoms with Crippen LogP contribution in [0.4, 0.5) is 4.79 Å². The summed E-state index contributed by atoms with van der Waals surface area (Å²) >= 11 is 1.58. The van der Waals surface area contributed by atoms with E-state index >= 15 is 0 Å². The SMILES string of the molecule is Cc1ncsc1-c1ccc(C(C)NC(=O)[C@@H]2C[C@@H](O)CN2C(=O)C(NC(=O)CCCCCCCC(=O)N2CCN(C(=O)OC(C)(C)C)CC2)C(C)(C)C)cc1. The number of aliphatic hydroxyl groups is 1. The molecular formula is C41H62N6O7S. The Kier molecular flexibility index (Phi) is 15.3. The third kappa shape index (κ3) is 12.7. The monoisotopic (exact) mass is 782 g/mol. The third-order valence-corrected chi connectivity index (χ3v) is 11.1. The van der Waals surface area contributed by atoms with Crippen LogP contribution < -0.4 is 10.6 Å². The molecule has 2 saturated heterocycles. The molecule has 0 spiro atoms. The number of benzene rings is 1. The van der Waals surface area contributed by atoms with Gasteiger partial charge in [0.1, 0.15) is 17.7 Å². The van der Waals surface area contributed by atoms with Gasteiger partial charge in [0.2, 0.25) is 23.6 Å². The number of aliphatic hydroxyl groups excluding tert-OH is 1. The van der Waals surface area contributed by atoms with E-state index in [1.807, 2.05) is 90.1 Å². The number of hydrogen-bond acceptors (Lipinski definition) is 9. The Bertz CT molecular complexity index is 1620. The summed E-state index contributed by atoms with van der Waals surface area (Å²) in [6, 6.07) is 5.89. The van der Waals surface area contributed by atoms with Gasteiger partial charge >= 0.3 is 6.09 Å². The van der Waals surface area contributed by atoms with E-state index in [1.165, 1.54) is 4.90 Å². The molecular weight excluding hydrogens is 721 g/mol. The summed E-state index contributed by atoms with van der Waals surface area (Å²) < 4.78 is 5.43. The van der Waals surface area contributed by atoms with Crippen molar-refractivity contribution in [3.8, 4) is 10.4 Å². The first-order valence-corrected chi connectivity index (χ1v) is 20.6. The van der Waals surface area contributed by atoms with Crippen molar-refractivity contribution >= 4 is 41.1 Å². The lowest BCUT2D eigenvalue weighted by molar-refractivity contribution is -0.144.